The number of fused-ring (bicyclic) bond motifs is 1. The maximum Gasteiger partial charge on any atom is 0.226 e. The standard InChI is InChI=1S/C14H14ClN5O/c1-21-7-10-5-3-2-4-9(10)6-16-12-11-13(18-8-17-11)20-14(15)19-12/h2-5,8H,6-7H2,1H3,(H2,16,17,18,19,20). The number of aromatic nitrogens is 4. The lowest BCUT2D eigenvalue weighted by molar-refractivity contribution is 0.184. The molecule has 0 saturated carbocycles. The van der Waals surface area contributed by atoms with Crippen LogP contribution in [0.1, 0.15) is 11.1 Å². The fraction of sp³-hybridized carbons (Fsp3) is 0.214. The average Bonchev–Trinajstić information content (AvgIpc) is 2.94. The lowest BCUT2D eigenvalue weighted by atomic mass is 10.1. The number of H-pyrrole nitrogens is 1. The number of halogens is 1. The molecule has 3 rings (SSSR count). The number of methoxy groups -OCH3 is 1. The van der Waals surface area contributed by atoms with Crippen molar-refractivity contribution in [1.29, 1.82) is 0 Å². The van der Waals surface area contributed by atoms with Gasteiger partial charge < -0.3 is 15.0 Å². The van der Waals surface area contributed by atoms with Gasteiger partial charge in [0.25, 0.3) is 0 Å². The van der Waals surface area contributed by atoms with Crippen LogP contribution in [0.25, 0.3) is 11.2 Å². The third kappa shape index (κ3) is 2.96. The van der Waals surface area contributed by atoms with Crippen molar-refractivity contribution in [2.45, 2.75) is 13.2 Å². The van der Waals surface area contributed by atoms with Crippen LogP contribution in [-0.4, -0.2) is 27.0 Å². The van der Waals surface area contributed by atoms with Crippen LogP contribution in [0, 0.1) is 0 Å². The molecule has 0 bridgehead atoms. The number of imidazole rings is 1. The highest BCUT2D eigenvalue weighted by Crippen LogP contribution is 2.20. The molecule has 0 radical (unpaired) electrons. The molecule has 2 heterocycles. The summed E-state index contributed by atoms with van der Waals surface area (Å²) in [6.45, 7) is 1.18. The van der Waals surface area contributed by atoms with Gasteiger partial charge in [-0.1, -0.05) is 24.3 Å². The molecule has 0 amide bonds. The Morgan fingerprint density at radius 1 is 1.24 bits per heavy atom. The fourth-order valence-electron chi connectivity index (χ4n) is 2.14. The van der Waals surface area contributed by atoms with Crippen molar-refractivity contribution >= 4 is 28.6 Å². The van der Waals surface area contributed by atoms with Crippen LogP contribution < -0.4 is 5.32 Å². The topological polar surface area (TPSA) is 75.7 Å². The Kier molecular flexibility index (Phi) is 3.98. The minimum Gasteiger partial charge on any atom is -0.380 e. The lowest BCUT2D eigenvalue weighted by Crippen LogP contribution is -2.06. The van der Waals surface area contributed by atoms with Gasteiger partial charge in [0.1, 0.15) is 5.52 Å². The molecule has 2 N–H and O–H groups in total. The van der Waals surface area contributed by atoms with E-state index < -0.39 is 0 Å². The van der Waals surface area contributed by atoms with E-state index in [1.165, 1.54) is 0 Å². The van der Waals surface area contributed by atoms with Gasteiger partial charge in [0.2, 0.25) is 5.28 Å². The minimum atomic E-state index is 0.169. The highest BCUT2D eigenvalue weighted by atomic mass is 35.5. The van der Waals surface area contributed by atoms with Gasteiger partial charge in [0.15, 0.2) is 11.5 Å². The number of nitrogens with zero attached hydrogens (tertiary/aromatic N) is 3. The maximum atomic E-state index is 5.91. The van der Waals surface area contributed by atoms with E-state index in [4.69, 9.17) is 16.3 Å². The van der Waals surface area contributed by atoms with Gasteiger partial charge in [-0.2, -0.15) is 9.97 Å². The zero-order chi connectivity index (χ0) is 14.7. The summed E-state index contributed by atoms with van der Waals surface area (Å²) in [7, 11) is 1.68. The van der Waals surface area contributed by atoms with Gasteiger partial charge in [-0.05, 0) is 22.7 Å². The second kappa shape index (κ2) is 6.07. The highest BCUT2D eigenvalue weighted by Gasteiger charge is 2.09. The molecule has 0 fully saturated rings. The molecule has 108 valence electrons. The monoisotopic (exact) mass is 303 g/mol. The van der Waals surface area contributed by atoms with Crippen LogP contribution in [0.2, 0.25) is 5.28 Å². The molecular formula is C14H14ClN5O. The number of hydrogen-bond acceptors (Lipinski definition) is 5. The largest absolute Gasteiger partial charge is 0.380 e. The minimum absolute atomic E-state index is 0.169. The van der Waals surface area contributed by atoms with E-state index >= 15 is 0 Å². The Labute approximate surface area is 126 Å². The summed E-state index contributed by atoms with van der Waals surface area (Å²) in [5, 5.41) is 3.44. The molecule has 0 unspecified atom stereocenters. The Balaban J connectivity index is 1.85. The number of nitrogens with one attached hydrogen (secondary N) is 2. The highest BCUT2D eigenvalue weighted by molar-refractivity contribution is 6.28. The summed E-state index contributed by atoms with van der Waals surface area (Å²) < 4.78 is 5.21. The van der Waals surface area contributed by atoms with E-state index in [1.54, 1.807) is 13.4 Å². The second-order valence-electron chi connectivity index (χ2n) is 4.50. The van der Waals surface area contributed by atoms with Crippen molar-refractivity contribution in [1.82, 2.24) is 19.9 Å². The van der Waals surface area contributed by atoms with Crippen LogP contribution in [0.3, 0.4) is 0 Å². The summed E-state index contributed by atoms with van der Waals surface area (Å²) >= 11 is 5.91. The van der Waals surface area contributed by atoms with Crippen molar-refractivity contribution < 1.29 is 4.74 Å². The average molecular weight is 304 g/mol. The van der Waals surface area contributed by atoms with Crippen LogP contribution in [0.5, 0.6) is 0 Å². The third-order valence-electron chi connectivity index (χ3n) is 3.12. The van der Waals surface area contributed by atoms with Crippen molar-refractivity contribution in [2.75, 3.05) is 12.4 Å². The number of anilines is 1. The molecule has 2 aromatic heterocycles. The van der Waals surface area contributed by atoms with Gasteiger partial charge in [-0.3, -0.25) is 0 Å². The molecule has 7 heteroatoms. The molecule has 21 heavy (non-hydrogen) atoms. The first-order chi connectivity index (χ1) is 10.3. The number of hydrogen-bond donors (Lipinski definition) is 2. The molecule has 0 saturated heterocycles. The van der Waals surface area contributed by atoms with Gasteiger partial charge in [0.05, 0.1) is 12.9 Å². The molecule has 0 spiro atoms. The van der Waals surface area contributed by atoms with E-state index in [1.807, 2.05) is 24.3 Å². The Hall–Kier alpha value is -2.18. The van der Waals surface area contributed by atoms with Crippen molar-refractivity contribution in [3.63, 3.8) is 0 Å². The first kappa shape index (κ1) is 13.8. The molecule has 6 nitrogen and oxygen atoms in total. The molecule has 0 aliphatic heterocycles. The number of rotatable bonds is 5. The molecule has 0 atom stereocenters. The Bertz CT molecular complexity index is 758. The fourth-order valence-corrected chi connectivity index (χ4v) is 2.30. The zero-order valence-electron chi connectivity index (χ0n) is 11.4. The summed E-state index contributed by atoms with van der Waals surface area (Å²) in [6.07, 6.45) is 1.57. The van der Waals surface area contributed by atoms with E-state index in [9.17, 15) is 0 Å². The first-order valence-electron chi connectivity index (χ1n) is 6.44. The quantitative estimate of drug-likeness (QED) is 0.709. The SMILES string of the molecule is COCc1ccccc1CNc1nc(Cl)nc2nc[nH]c12. The summed E-state index contributed by atoms with van der Waals surface area (Å²) in [5.74, 6) is 0.634. The smallest absolute Gasteiger partial charge is 0.226 e. The summed E-state index contributed by atoms with van der Waals surface area (Å²) in [4.78, 5) is 15.4. The summed E-state index contributed by atoms with van der Waals surface area (Å²) in [6, 6.07) is 8.08. The Morgan fingerprint density at radius 2 is 2.05 bits per heavy atom. The number of ether oxygens (including phenoxy) is 1. The van der Waals surface area contributed by atoms with Crippen molar-refractivity contribution in [3.05, 3.63) is 47.0 Å². The van der Waals surface area contributed by atoms with Gasteiger partial charge in [-0.15, -0.1) is 0 Å². The predicted molar refractivity (Wildman–Crippen MR) is 81.2 cm³/mol. The van der Waals surface area contributed by atoms with Gasteiger partial charge >= 0.3 is 0 Å². The predicted octanol–water partition coefficient (Wildman–Crippen LogP) is 2.76. The van der Waals surface area contributed by atoms with E-state index in [2.05, 4.69) is 25.3 Å². The van der Waals surface area contributed by atoms with Crippen LogP contribution in [0.4, 0.5) is 5.82 Å². The number of benzene rings is 1. The van der Waals surface area contributed by atoms with E-state index in [0.29, 0.717) is 24.6 Å². The van der Waals surface area contributed by atoms with Crippen molar-refractivity contribution in [2.24, 2.45) is 0 Å². The van der Waals surface area contributed by atoms with Crippen LogP contribution in [0.15, 0.2) is 30.6 Å². The molecule has 1 aromatic carbocycles. The van der Waals surface area contributed by atoms with Crippen LogP contribution in [-0.2, 0) is 17.9 Å². The van der Waals surface area contributed by atoms with Gasteiger partial charge in [-0.25, -0.2) is 4.98 Å². The zero-order valence-corrected chi connectivity index (χ0v) is 12.2. The third-order valence-corrected chi connectivity index (χ3v) is 3.29. The molecule has 3 aromatic rings. The second-order valence-corrected chi connectivity index (χ2v) is 4.84. The summed E-state index contributed by atoms with van der Waals surface area (Å²) in [5.41, 5.74) is 3.56. The van der Waals surface area contributed by atoms with Crippen LogP contribution >= 0.6 is 11.6 Å². The normalized spacial score (nSPS) is 11.0. The maximum absolute atomic E-state index is 5.91. The van der Waals surface area contributed by atoms with Crippen molar-refractivity contribution in [3.8, 4) is 0 Å². The number of aromatic amines is 1. The molecule has 0 aliphatic carbocycles. The molecule has 0 aliphatic rings. The Morgan fingerprint density at radius 3 is 2.86 bits per heavy atom. The van der Waals surface area contributed by atoms with E-state index in [-0.39, 0.29) is 5.28 Å². The first-order valence-corrected chi connectivity index (χ1v) is 6.82. The molecular weight excluding hydrogens is 290 g/mol. The van der Waals surface area contributed by atoms with E-state index in [0.717, 1.165) is 16.6 Å². The lowest BCUT2D eigenvalue weighted by Gasteiger charge is -2.11. The van der Waals surface area contributed by atoms with Gasteiger partial charge in [0, 0.05) is 13.7 Å².